The molecule has 116 valence electrons. The van der Waals surface area contributed by atoms with Crippen molar-refractivity contribution in [1.82, 2.24) is 10.2 Å². The first-order valence-corrected chi connectivity index (χ1v) is 8.28. The number of fused-ring (bicyclic) bond motifs is 1. The van der Waals surface area contributed by atoms with Crippen molar-refractivity contribution in [2.24, 2.45) is 5.92 Å². The second kappa shape index (κ2) is 6.44. The van der Waals surface area contributed by atoms with Crippen LogP contribution in [0.25, 0.3) is 0 Å². The Morgan fingerprint density at radius 1 is 1.41 bits per heavy atom. The van der Waals surface area contributed by atoms with Crippen molar-refractivity contribution >= 4 is 22.4 Å². The minimum atomic E-state index is -0.0638. The largest absolute Gasteiger partial charge is 0.493 e. The SMILES string of the molecule is CC(C)Cc1nnc(NC(=O)Cc2ccc3c(c2)CCO3)s1. The van der Waals surface area contributed by atoms with E-state index in [9.17, 15) is 4.79 Å². The Labute approximate surface area is 133 Å². The second-order valence-corrected chi connectivity index (χ2v) is 6.93. The zero-order valence-electron chi connectivity index (χ0n) is 12.8. The third-order valence-corrected chi connectivity index (χ3v) is 4.28. The number of carbonyl (C=O) groups excluding carboxylic acids is 1. The van der Waals surface area contributed by atoms with E-state index in [1.807, 2.05) is 18.2 Å². The summed E-state index contributed by atoms with van der Waals surface area (Å²) < 4.78 is 5.47. The number of rotatable bonds is 5. The maximum Gasteiger partial charge on any atom is 0.230 e. The lowest BCUT2D eigenvalue weighted by atomic mass is 10.1. The van der Waals surface area contributed by atoms with Gasteiger partial charge in [-0.15, -0.1) is 10.2 Å². The first-order chi connectivity index (χ1) is 10.6. The molecular formula is C16H19N3O2S. The van der Waals surface area contributed by atoms with Crippen molar-refractivity contribution < 1.29 is 9.53 Å². The Balaban J connectivity index is 1.59. The van der Waals surface area contributed by atoms with Gasteiger partial charge in [0, 0.05) is 12.8 Å². The molecule has 1 N–H and O–H groups in total. The lowest BCUT2D eigenvalue weighted by Gasteiger charge is -2.04. The van der Waals surface area contributed by atoms with Gasteiger partial charge in [-0.25, -0.2) is 0 Å². The maximum absolute atomic E-state index is 12.1. The Hall–Kier alpha value is -1.95. The molecule has 0 radical (unpaired) electrons. The molecule has 2 aromatic rings. The second-order valence-electron chi connectivity index (χ2n) is 5.86. The van der Waals surface area contributed by atoms with E-state index in [2.05, 4.69) is 29.4 Å². The van der Waals surface area contributed by atoms with E-state index < -0.39 is 0 Å². The third kappa shape index (κ3) is 3.62. The van der Waals surface area contributed by atoms with Crippen molar-refractivity contribution in [1.29, 1.82) is 0 Å². The van der Waals surface area contributed by atoms with Crippen LogP contribution >= 0.6 is 11.3 Å². The number of aromatic nitrogens is 2. The molecule has 22 heavy (non-hydrogen) atoms. The summed E-state index contributed by atoms with van der Waals surface area (Å²) >= 11 is 1.45. The number of carbonyl (C=O) groups is 1. The smallest absolute Gasteiger partial charge is 0.230 e. The lowest BCUT2D eigenvalue weighted by Crippen LogP contribution is -2.14. The minimum Gasteiger partial charge on any atom is -0.493 e. The molecule has 5 nitrogen and oxygen atoms in total. The predicted molar refractivity (Wildman–Crippen MR) is 86.4 cm³/mol. The van der Waals surface area contributed by atoms with Gasteiger partial charge < -0.3 is 10.1 Å². The number of nitrogens with zero attached hydrogens (tertiary/aromatic N) is 2. The lowest BCUT2D eigenvalue weighted by molar-refractivity contribution is -0.115. The van der Waals surface area contributed by atoms with Gasteiger partial charge in [0.1, 0.15) is 10.8 Å². The molecule has 1 amide bonds. The van der Waals surface area contributed by atoms with Gasteiger partial charge in [0.2, 0.25) is 11.0 Å². The number of hydrogen-bond donors (Lipinski definition) is 1. The Kier molecular flexibility index (Phi) is 4.38. The van der Waals surface area contributed by atoms with Crippen LogP contribution < -0.4 is 10.1 Å². The molecule has 0 atom stereocenters. The fourth-order valence-corrected chi connectivity index (χ4v) is 3.40. The molecule has 2 heterocycles. The summed E-state index contributed by atoms with van der Waals surface area (Å²) in [5.74, 6) is 1.41. The summed E-state index contributed by atoms with van der Waals surface area (Å²) in [5, 5.41) is 12.5. The van der Waals surface area contributed by atoms with Crippen LogP contribution in [-0.2, 0) is 24.1 Å². The number of anilines is 1. The van der Waals surface area contributed by atoms with Gasteiger partial charge in [0.15, 0.2) is 0 Å². The molecule has 1 aliphatic heterocycles. The van der Waals surface area contributed by atoms with Crippen LogP contribution in [0.3, 0.4) is 0 Å². The highest BCUT2D eigenvalue weighted by Gasteiger charge is 2.14. The normalized spacial score (nSPS) is 13.0. The number of ether oxygens (including phenoxy) is 1. The summed E-state index contributed by atoms with van der Waals surface area (Å²) in [4.78, 5) is 12.1. The average Bonchev–Trinajstić information content (AvgIpc) is 3.06. The van der Waals surface area contributed by atoms with E-state index >= 15 is 0 Å². The molecule has 0 fully saturated rings. The fraction of sp³-hybridized carbons (Fsp3) is 0.438. The van der Waals surface area contributed by atoms with E-state index in [0.29, 0.717) is 17.5 Å². The van der Waals surface area contributed by atoms with Gasteiger partial charge >= 0.3 is 0 Å². The summed E-state index contributed by atoms with van der Waals surface area (Å²) in [6, 6.07) is 5.93. The number of amides is 1. The van der Waals surface area contributed by atoms with E-state index in [4.69, 9.17) is 4.74 Å². The van der Waals surface area contributed by atoms with Crippen molar-refractivity contribution in [3.05, 3.63) is 34.3 Å². The molecule has 0 spiro atoms. The highest BCUT2D eigenvalue weighted by atomic mass is 32.1. The Morgan fingerprint density at radius 2 is 2.27 bits per heavy atom. The van der Waals surface area contributed by atoms with Crippen LogP contribution in [0.5, 0.6) is 5.75 Å². The number of nitrogens with one attached hydrogen (secondary N) is 1. The van der Waals surface area contributed by atoms with E-state index in [1.54, 1.807) is 0 Å². The van der Waals surface area contributed by atoms with Crippen molar-refractivity contribution in [2.75, 3.05) is 11.9 Å². The number of benzene rings is 1. The molecule has 1 aromatic carbocycles. The van der Waals surface area contributed by atoms with Crippen LogP contribution in [-0.4, -0.2) is 22.7 Å². The van der Waals surface area contributed by atoms with E-state index in [0.717, 1.165) is 35.8 Å². The van der Waals surface area contributed by atoms with Crippen LogP contribution in [0.1, 0.15) is 30.0 Å². The average molecular weight is 317 g/mol. The van der Waals surface area contributed by atoms with Gasteiger partial charge in [-0.1, -0.05) is 37.3 Å². The van der Waals surface area contributed by atoms with Crippen LogP contribution in [0, 0.1) is 5.92 Å². The van der Waals surface area contributed by atoms with Crippen molar-refractivity contribution in [2.45, 2.75) is 33.1 Å². The molecule has 0 saturated heterocycles. The number of hydrogen-bond acceptors (Lipinski definition) is 5. The van der Waals surface area contributed by atoms with Gasteiger partial charge in [0.05, 0.1) is 13.0 Å². The van der Waals surface area contributed by atoms with Gasteiger partial charge in [-0.3, -0.25) is 4.79 Å². The minimum absolute atomic E-state index is 0.0638. The van der Waals surface area contributed by atoms with Crippen molar-refractivity contribution in [3.63, 3.8) is 0 Å². The highest BCUT2D eigenvalue weighted by Crippen LogP contribution is 2.26. The van der Waals surface area contributed by atoms with Crippen LogP contribution in [0.2, 0.25) is 0 Å². The molecular weight excluding hydrogens is 298 g/mol. The van der Waals surface area contributed by atoms with Crippen LogP contribution in [0.4, 0.5) is 5.13 Å². The zero-order chi connectivity index (χ0) is 15.5. The highest BCUT2D eigenvalue weighted by molar-refractivity contribution is 7.15. The molecule has 3 rings (SSSR count). The zero-order valence-corrected chi connectivity index (χ0v) is 13.6. The first kappa shape index (κ1) is 15.0. The Bertz CT molecular complexity index is 682. The molecule has 1 aromatic heterocycles. The summed E-state index contributed by atoms with van der Waals surface area (Å²) in [6.45, 7) is 5.00. The molecule has 0 unspecified atom stereocenters. The summed E-state index contributed by atoms with van der Waals surface area (Å²) in [6.07, 6.45) is 2.14. The summed E-state index contributed by atoms with van der Waals surface area (Å²) in [5.41, 5.74) is 2.18. The quantitative estimate of drug-likeness (QED) is 0.921. The monoisotopic (exact) mass is 317 g/mol. The van der Waals surface area contributed by atoms with E-state index in [1.165, 1.54) is 16.9 Å². The molecule has 0 saturated carbocycles. The first-order valence-electron chi connectivity index (χ1n) is 7.47. The topological polar surface area (TPSA) is 64.1 Å². The van der Waals surface area contributed by atoms with E-state index in [-0.39, 0.29) is 5.91 Å². The maximum atomic E-state index is 12.1. The van der Waals surface area contributed by atoms with Crippen LogP contribution in [0.15, 0.2) is 18.2 Å². The summed E-state index contributed by atoms with van der Waals surface area (Å²) in [7, 11) is 0. The standard InChI is InChI=1S/C16H19N3O2S/c1-10(2)7-15-18-19-16(22-15)17-14(20)9-11-3-4-13-12(8-11)5-6-21-13/h3-4,8,10H,5-7,9H2,1-2H3,(H,17,19,20). The van der Waals surface area contributed by atoms with Gasteiger partial charge in [-0.2, -0.15) is 0 Å². The van der Waals surface area contributed by atoms with Gasteiger partial charge in [0.25, 0.3) is 0 Å². The predicted octanol–water partition coefficient (Wildman–Crippen LogP) is 2.85. The Morgan fingerprint density at radius 3 is 3.09 bits per heavy atom. The third-order valence-electron chi connectivity index (χ3n) is 3.41. The molecule has 6 heteroatoms. The van der Waals surface area contributed by atoms with Crippen molar-refractivity contribution in [3.8, 4) is 5.75 Å². The molecule has 0 aliphatic carbocycles. The molecule has 1 aliphatic rings. The fourth-order valence-electron chi connectivity index (χ4n) is 2.43. The van der Waals surface area contributed by atoms with Gasteiger partial charge in [-0.05, 0) is 23.1 Å². The molecule has 0 bridgehead atoms.